The molecular formula is C16H32N2. The van der Waals surface area contributed by atoms with Crippen molar-refractivity contribution in [2.45, 2.75) is 78.3 Å². The molecule has 0 aromatic rings. The Balaban J connectivity index is 2.31. The Labute approximate surface area is 114 Å². The van der Waals surface area contributed by atoms with E-state index in [-0.39, 0.29) is 0 Å². The van der Waals surface area contributed by atoms with Gasteiger partial charge >= 0.3 is 0 Å². The van der Waals surface area contributed by atoms with E-state index in [0.717, 1.165) is 6.54 Å². The van der Waals surface area contributed by atoms with Crippen LogP contribution in [0.1, 0.15) is 72.1 Å². The minimum Gasteiger partial charge on any atom is -0.356 e. The van der Waals surface area contributed by atoms with Gasteiger partial charge in [0.15, 0.2) is 0 Å². The van der Waals surface area contributed by atoms with E-state index in [4.69, 9.17) is 0 Å². The number of hydrogen-bond acceptors (Lipinski definition) is 2. The first-order valence-corrected chi connectivity index (χ1v) is 8.03. The van der Waals surface area contributed by atoms with E-state index in [2.05, 4.69) is 43.0 Å². The average Bonchev–Trinajstić information content (AvgIpc) is 2.77. The molecule has 0 aromatic carbocycles. The maximum Gasteiger partial charge on any atom is 0.101 e. The largest absolute Gasteiger partial charge is 0.356 e. The second kappa shape index (κ2) is 9.29. The lowest BCUT2D eigenvalue weighted by Gasteiger charge is -2.32. The van der Waals surface area contributed by atoms with Crippen molar-refractivity contribution in [1.29, 1.82) is 0 Å². The molecule has 1 rings (SSSR count). The Hall–Kier alpha value is -0.660. The van der Waals surface area contributed by atoms with Crippen LogP contribution in [-0.4, -0.2) is 29.1 Å². The Morgan fingerprint density at radius 2 is 1.44 bits per heavy atom. The van der Waals surface area contributed by atoms with Crippen molar-refractivity contribution in [2.75, 3.05) is 13.1 Å². The fourth-order valence-electron chi connectivity index (χ4n) is 2.73. The molecule has 0 fully saturated rings. The molecule has 1 atom stereocenters. The zero-order valence-electron chi connectivity index (χ0n) is 12.7. The summed E-state index contributed by atoms with van der Waals surface area (Å²) < 4.78 is 0. The molecule has 0 bridgehead atoms. The lowest BCUT2D eigenvalue weighted by atomic mass is 10.1. The van der Waals surface area contributed by atoms with Crippen LogP contribution in [0.5, 0.6) is 0 Å². The maximum absolute atomic E-state index is 2.56. The molecule has 1 aliphatic rings. The third-order valence-electron chi connectivity index (χ3n) is 3.92. The molecule has 0 aromatic heterocycles. The first-order chi connectivity index (χ1) is 8.83. The zero-order valence-corrected chi connectivity index (χ0v) is 12.7. The summed E-state index contributed by atoms with van der Waals surface area (Å²) in [6.45, 7) is 9.20. The molecule has 1 heterocycles. The highest BCUT2D eigenvalue weighted by Crippen LogP contribution is 2.21. The Morgan fingerprint density at radius 3 is 2.11 bits per heavy atom. The maximum atomic E-state index is 2.56. The van der Waals surface area contributed by atoms with Gasteiger partial charge in [-0.15, -0.1) is 0 Å². The van der Waals surface area contributed by atoms with Crippen molar-refractivity contribution < 1.29 is 0 Å². The van der Waals surface area contributed by atoms with Crippen LogP contribution >= 0.6 is 0 Å². The average molecular weight is 252 g/mol. The molecule has 1 aliphatic heterocycles. The van der Waals surface area contributed by atoms with Gasteiger partial charge in [-0.2, -0.15) is 0 Å². The number of nitrogens with zero attached hydrogens (tertiary/aromatic N) is 2. The van der Waals surface area contributed by atoms with Crippen LogP contribution in [0, 0.1) is 0 Å². The first-order valence-electron chi connectivity index (χ1n) is 8.03. The van der Waals surface area contributed by atoms with Crippen molar-refractivity contribution in [3.63, 3.8) is 0 Å². The molecule has 0 N–H and O–H groups in total. The topological polar surface area (TPSA) is 6.48 Å². The minimum absolute atomic E-state index is 0.642. The van der Waals surface area contributed by atoms with E-state index >= 15 is 0 Å². The highest BCUT2D eigenvalue weighted by Gasteiger charge is 2.23. The van der Waals surface area contributed by atoms with Crippen molar-refractivity contribution >= 4 is 0 Å². The molecule has 2 heteroatoms. The second-order valence-electron chi connectivity index (χ2n) is 5.40. The van der Waals surface area contributed by atoms with Gasteiger partial charge in [0.1, 0.15) is 6.17 Å². The van der Waals surface area contributed by atoms with Gasteiger partial charge in [0.2, 0.25) is 0 Å². The summed E-state index contributed by atoms with van der Waals surface area (Å²) in [7, 11) is 0. The van der Waals surface area contributed by atoms with Gasteiger partial charge in [0.05, 0.1) is 0 Å². The third kappa shape index (κ3) is 4.91. The van der Waals surface area contributed by atoms with Crippen molar-refractivity contribution in [3.8, 4) is 0 Å². The van der Waals surface area contributed by atoms with E-state index in [9.17, 15) is 0 Å². The molecule has 0 amide bonds. The number of hydrogen-bond donors (Lipinski definition) is 0. The quantitative estimate of drug-likeness (QED) is 0.525. The number of rotatable bonds is 10. The summed E-state index contributed by atoms with van der Waals surface area (Å²) in [6.07, 6.45) is 16.1. The van der Waals surface area contributed by atoms with Gasteiger partial charge in [0, 0.05) is 25.5 Å². The smallest absolute Gasteiger partial charge is 0.101 e. The fraction of sp³-hybridized carbons (Fsp3) is 0.875. The van der Waals surface area contributed by atoms with E-state index in [1.165, 1.54) is 57.9 Å². The summed E-state index contributed by atoms with van der Waals surface area (Å²) in [5, 5.41) is 0. The summed E-state index contributed by atoms with van der Waals surface area (Å²) in [6, 6.07) is 0. The highest BCUT2D eigenvalue weighted by molar-refractivity contribution is 4.96. The molecule has 0 spiro atoms. The highest BCUT2D eigenvalue weighted by atomic mass is 15.4. The van der Waals surface area contributed by atoms with E-state index in [1.54, 1.807) is 0 Å². The molecule has 1 unspecified atom stereocenters. The van der Waals surface area contributed by atoms with Crippen LogP contribution in [0.4, 0.5) is 0 Å². The molecule has 0 aliphatic carbocycles. The summed E-state index contributed by atoms with van der Waals surface area (Å²) in [5.74, 6) is 0. The van der Waals surface area contributed by atoms with Gasteiger partial charge in [-0.25, -0.2) is 0 Å². The van der Waals surface area contributed by atoms with Gasteiger partial charge in [-0.3, -0.25) is 0 Å². The van der Waals surface area contributed by atoms with Gasteiger partial charge in [0.25, 0.3) is 0 Å². The molecule has 106 valence electrons. The van der Waals surface area contributed by atoms with E-state index < -0.39 is 0 Å². The van der Waals surface area contributed by atoms with Crippen molar-refractivity contribution in [3.05, 3.63) is 12.4 Å². The molecule has 0 saturated heterocycles. The summed E-state index contributed by atoms with van der Waals surface area (Å²) in [5.41, 5.74) is 0. The van der Waals surface area contributed by atoms with Crippen molar-refractivity contribution in [2.24, 2.45) is 0 Å². The van der Waals surface area contributed by atoms with E-state index in [0.29, 0.717) is 6.17 Å². The molecule has 18 heavy (non-hydrogen) atoms. The van der Waals surface area contributed by atoms with Crippen LogP contribution < -0.4 is 0 Å². The van der Waals surface area contributed by atoms with Gasteiger partial charge < -0.3 is 9.80 Å². The fourth-order valence-corrected chi connectivity index (χ4v) is 2.73. The Kier molecular flexibility index (Phi) is 7.95. The Bertz CT molecular complexity index is 225. The predicted molar refractivity (Wildman–Crippen MR) is 80.3 cm³/mol. The zero-order chi connectivity index (χ0) is 13.2. The van der Waals surface area contributed by atoms with E-state index in [1.807, 2.05) is 0 Å². The normalized spacial score (nSPS) is 18.9. The first kappa shape index (κ1) is 15.4. The van der Waals surface area contributed by atoms with Crippen LogP contribution in [-0.2, 0) is 0 Å². The Morgan fingerprint density at radius 1 is 0.778 bits per heavy atom. The molecule has 2 nitrogen and oxygen atoms in total. The van der Waals surface area contributed by atoms with Crippen LogP contribution in [0.15, 0.2) is 12.4 Å². The SMILES string of the molecule is CCCCCCN1C=CN(CC)C1CCCCC. The minimum atomic E-state index is 0.642. The van der Waals surface area contributed by atoms with Crippen LogP contribution in [0.3, 0.4) is 0 Å². The molecule has 0 radical (unpaired) electrons. The van der Waals surface area contributed by atoms with Crippen LogP contribution in [0.25, 0.3) is 0 Å². The summed E-state index contributed by atoms with van der Waals surface area (Å²) in [4.78, 5) is 5.06. The molecule has 0 saturated carbocycles. The second-order valence-corrected chi connectivity index (χ2v) is 5.40. The third-order valence-corrected chi connectivity index (χ3v) is 3.92. The summed E-state index contributed by atoms with van der Waals surface area (Å²) >= 11 is 0. The predicted octanol–water partition coefficient (Wildman–Crippen LogP) is 4.58. The monoisotopic (exact) mass is 252 g/mol. The number of unbranched alkanes of at least 4 members (excludes halogenated alkanes) is 5. The van der Waals surface area contributed by atoms with Crippen molar-refractivity contribution in [1.82, 2.24) is 9.80 Å². The van der Waals surface area contributed by atoms with Gasteiger partial charge in [-0.05, 0) is 26.2 Å². The van der Waals surface area contributed by atoms with Gasteiger partial charge in [-0.1, -0.05) is 46.0 Å². The lowest BCUT2D eigenvalue weighted by molar-refractivity contribution is 0.142. The lowest BCUT2D eigenvalue weighted by Crippen LogP contribution is -2.38. The molecular weight excluding hydrogens is 220 g/mol. The standard InChI is InChI=1S/C16H32N2/c1-4-7-9-11-13-18-15-14-17(6-3)16(18)12-10-8-5-2/h14-16H,4-13H2,1-3H3. The van der Waals surface area contributed by atoms with Crippen LogP contribution in [0.2, 0.25) is 0 Å².